The second-order valence-corrected chi connectivity index (χ2v) is 3.00. The first-order chi connectivity index (χ1) is 4.83. The van der Waals surface area contributed by atoms with Crippen LogP contribution in [0.4, 0.5) is 0 Å². The van der Waals surface area contributed by atoms with E-state index in [1.165, 1.54) is 5.56 Å². The fraction of sp³-hybridized carbons (Fsp3) is 0.250. The maximum Gasteiger partial charge on any atom is 0.0263 e. The highest BCUT2D eigenvalue weighted by atomic mass is 35.5. The van der Waals surface area contributed by atoms with Gasteiger partial charge in [-0.2, -0.15) is 0 Å². The van der Waals surface area contributed by atoms with Gasteiger partial charge < -0.3 is 0 Å². The molecule has 1 aromatic carbocycles. The lowest BCUT2D eigenvalue weighted by Gasteiger charge is -1.96. The van der Waals surface area contributed by atoms with Gasteiger partial charge in [0.25, 0.3) is 0 Å². The number of rotatable bonds is 2. The van der Waals surface area contributed by atoms with Gasteiger partial charge in [-0.3, -0.25) is 0 Å². The van der Waals surface area contributed by atoms with E-state index in [0.29, 0.717) is 5.88 Å². The van der Waals surface area contributed by atoms with E-state index in [2.05, 4.69) is 12.6 Å². The van der Waals surface area contributed by atoms with Gasteiger partial charge in [0.15, 0.2) is 0 Å². The van der Waals surface area contributed by atoms with Crippen molar-refractivity contribution in [3.8, 4) is 0 Å². The molecule has 54 valence electrons. The number of aryl methyl sites for hydroxylation is 1. The Balaban J connectivity index is 2.69. The molecule has 0 unspecified atom stereocenters. The normalized spacial score (nSPS) is 9.80. The van der Waals surface area contributed by atoms with E-state index in [9.17, 15) is 0 Å². The third kappa shape index (κ3) is 2.24. The average Bonchev–Trinajstić information content (AvgIpc) is 1.95. The van der Waals surface area contributed by atoms with E-state index in [1.54, 1.807) is 0 Å². The second kappa shape index (κ2) is 3.89. The highest BCUT2D eigenvalue weighted by Crippen LogP contribution is 2.08. The quantitative estimate of drug-likeness (QED) is 0.515. The number of hydrogen-bond donors (Lipinski definition) is 1. The zero-order chi connectivity index (χ0) is 7.40. The van der Waals surface area contributed by atoms with Crippen molar-refractivity contribution in [1.29, 1.82) is 0 Å². The predicted octanol–water partition coefficient (Wildman–Crippen LogP) is 2.76. The molecular weight excluding hydrogens is 164 g/mol. The molecule has 0 N–H and O–H groups in total. The minimum absolute atomic E-state index is 0.686. The smallest absolute Gasteiger partial charge is 0.0263 e. The van der Waals surface area contributed by atoms with E-state index in [-0.39, 0.29) is 0 Å². The minimum Gasteiger partial charge on any atom is -0.143 e. The van der Waals surface area contributed by atoms with E-state index >= 15 is 0 Å². The lowest BCUT2D eigenvalue weighted by atomic mass is 10.2. The van der Waals surface area contributed by atoms with Crippen LogP contribution in [0.25, 0.3) is 0 Å². The molecule has 2 heteroatoms. The summed E-state index contributed by atoms with van der Waals surface area (Å²) >= 11 is 9.72. The summed E-state index contributed by atoms with van der Waals surface area (Å²) < 4.78 is 0. The SMILES string of the molecule is Sc1ccc(CCCl)cc1. The van der Waals surface area contributed by atoms with Crippen LogP contribution in [0.3, 0.4) is 0 Å². The van der Waals surface area contributed by atoms with E-state index < -0.39 is 0 Å². The molecule has 0 spiro atoms. The molecule has 0 radical (unpaired) electrons. The van der Waals surface area contributed by atoms with Gasteiger partial charge in [-0.05, 0) is 24.1 Å². The summed E-state index contributed by atoms with van der Waals surface area (Å²) in [6.07, 6.45) is 0.940. The summed E-state index contributed by atoms with van der Waals surface area (Å²) in [7, 11) is 0. The highest BCUT2D eigenvalue weighted by Gasteiger charge is 1.89. The van der Waals surface area contributed by atoms with Gasteiger partial charge in [-0.15, -0.1) is 24.2 Å². The second-order valence-electron chi connectivity index (χ2n) is 2.11. The Bertz CT molecular complexity index is 193. The maximum absolute atomic E-state index is 5.56. The van der Waals surface area contributed by atoms with Crippen molar-refractivity contribution < 1.29 is 0 Å². The molecule has 0 aliphatic rings. The molecule has 0 aliphatic carbocycles. The molecule has 0 atom stereocenters. The van der Waals surface area contributed by atoms with Crippen LogP contribution in [0.15, 0.2) is 29.2 Å². The number of thiol groups is 1. The van der Waals surface area contributed by atoms with E-state index in [1.807, 2.05) is 24.3 Å². The largest absolute Gasteiger partial charge is 0.143 e. The Kier molecular flexibility index (Phi) is 3.10. The molecule has 10 heavy (non-hydrogen) atoms. The van der Waals surface area contributed by atoms with Crippen LogP contribution in [-0.4, -0.2) is 5.88 Å². The first kappa shape index (κ1) is 7.96. The van der Waals surface area contributed by atoms with Crippen LogP contribution < -0.4 is 0 Å². The van der Waals surface area contributed by atoms with Gasteiger partial charge in [-0.25, -0.2) is 0 Å². The number of alkyl halides is 1. The summed E-state index contributed by atoms with van der Waals surface area (Å²) in [4.78, 5) is 0.998. The number of benzene rings is 1. The van der Waals surface area contributed by atoms with E-state index in [0.717, 1.165) is 11.3 Å². The molecule has 0 saturated carbocycles. The summed E-state index contributed by atoms with van der Waals surface area (Å²) in [5.74, 6) is 0.686. The molecule has 0 nitrogen and oxygen atoms in total. The van der Waals surface area contributed by atoms with Crippen LogP contribution in [0.5, 0.6) is 0 Å². The molecular formula is C8H9ClS. The van der Waals surface area contributed by atoms with Crippen LogP contribution in [0.1, 0.15) is 5.56 Å². The van der Waals surface area contributed by atoms with Crippen molar-refractivity contribution in [1.82, 2.24) is 0 Å². The fourth-order valence-corrected chi connectivity index (χ4v) is 1.14. The molecule has 0 aliphatic heterocycles. The lowest BCUT2D eigenvalue weighted by Crippen LogP contribution is -1.83. The van der Waals surface area contributed by atoms with Crippen LogP contribution in [0, 0.1) is 0 Å². The standard InChI is InChI=1S/C8H9ClS/c9-6-5-7-1-3-8(10)4-2-7/h1-4,10H,5-6H2. The molecule has 0 saturated heterocycles. The van der Waals surface area contributed by atoms with Crippen LogP contribution >= 0.6 is 24.2 Å². The third-order valence-corrected chi connectivity index (χ3v) is 1.81. The molecule has 0 fully saturated rings. The molecule has 0 aromatic heterocycles. The molecule has 1 aromatic rings. The Hall–Kier alpha value is -0.140. The highest BCUT2D eigenvalue weighted by molar-refractivity contribution is 7.80. The lowest BCUT2D eigenvalue weighted by molar-refractivity contribution is 1.14. The van der Waals surface area contributed by atoms with Gasteiger partial charge in [0.1, 0.15) is 0 Å². The van der Waals surface area contributed by atoms with Crippen molar-refractivity contribution in [2.24, 2.45) is 0 Å². The monoisotopic (exact) mass is 172 g/mol. The molecule has 0 heterocycles. The van der Waals surface area contributed by atoms with Crippen molar-refractivity contribution in [2.75, 3.05) is 5.88 Å². The first-order valence-corrected chi connectivity index (χ1v) is 4.15. The predicted molar refractivity (Wildman–Crippen MR) is 48.1 cm³/mol. The Labute approximate surface area is 71.6 Å². The Morgan fingerprint density at radius 2 is 1.80 bits per heavy atom. The maximum atomic E-state index is 5.56. The summed E-state index contributed by atoms with van der Waals surface area (Å²) in [6, 6.07) is 8.05. The minimum atomic E-state index is 0.686. The zero-order valence-corrected chi connectivity index (χ0v) is 7.20. The van der Waals surface area contributed by atoms with Crippen LogP contribution in [0.2, 0.25) is 0 Å². The van der Waals surface area contributed by atoms with Gasteiger partial charge in [0.2, 0.25) is 0 Å². The molecule has 0 amide bonds. The number of halogens is 1. The van der Waals surface area contributed by atoms with Crippen molar-refractivity contribution in [3.63, 3.8) is 0 Å². The average molecular weight is 173 g/mol. The Morgan fingerprint density at radius 1 is 1.20 bits per heavy atom. The zero-order valence-electron chi connectivity index (χ0n) is 5.55. The van der Waals surface area contributed by atoms with Crippen molar-refractivity contribution in [2.45, 2.75) is 11.3 Å². The topological polar surface area (TPSA) is 0 Å². The van der Waals surface area contributed by atoms with Gasteiger partial charge in [0.05, 0.1) is 0 Å². The van der Waals surface area contributed by atoms with E-state index in [4.69, 9.17) is 11.6 Å². The van der Waals surface area contributed by atoms with Gasteiger partial charge in [0, 0.05) is 10.8 Å². The van der Waals surface area contributed by atoms with Crippen LogP contribution in [-0.2, 0) is 6.42 Å². The van der Waals surface area contributed by atoms with Gasteiger partial charge in [-0.1, -0.05) is 12.1 Å². The molecule has 0 bridgehead atoms. The van der Waals surface area contributed by atoms with Crippen molar-refractivity contribution in [3.05, 3.63) is 29.8 Å². The fourth-order valence-electron chi connectivity index (χ4n) is 0.772. The molecule has 1 rings (SSSR count). The summed E-state index contributed by atoms with van der Waals surface area (Å²) in [6.45, 7) is 0. The van der Waals surface area contributed by atoms with Crippen molar-refractivity contribution >= 4 is 24.2 Å². The third-order valence-electron chi connectivity index (χ3n) is 1.32. The first-order valence-electron chi connectivity index (χ1n) is 3.17. The summed E-state index contributed by atoms with van der Waals surface area (Å²) in [5, 5.41) is 0. The van der Waals surface area contributed by atoms with Gasteiger partial charge >= 0.3 is 0 Å². The Morgan fingerprint density at radius 3 is 2.30 bits per heavy atom. The summed E-state index contributed by atoms with van der Waals surface area (Å²) in [5.41, 5.74) is 1.27. The number of hydrogen-bond acceptors (Lipinski definition) is 1.